The van der Waals surface area contributed by atoms with Crippen molar-refractivity contribution in [2.45, 2.75) is 23.0 Å². The van der Waals surface area contributed by atoms with Gasteiger partial charge in [-0.1, -0.05) is 16.6 Å². The van der Waals surface area contributed by atoms with Crippen molar-refractivity contribution in [2.75, 3.05) is 25.2 Å². The zero-order chi connectivity index (χ0) is 20.1. The van der Waals surface area contributed by atoms with Crippen LogP contribution in [0.15, 0.2) is 22.5 Å². The fourth-order valence-electron chi connectivity index (χ4n) is 3.48. The molecule has 1 aliphatic rings. The number of nitrogens with two attached hydrogens (primary N) is 1. The Morgan fingerprint density at radius 1 is 1.38 bits per heavy atom. The summed E-state index contributed by atoms with van der Waals surface area (Å²) in [5, 5.41) is 9.13. The molecule has 4 aromatic heterocycles. The maximum Gasteiger partial charge on any atom is 0.232 e. The van der Waals surface area contributed by atoms with Gasteiger partial charge in [-0.05, 0) is 36.5 Å². The van der Waals surface area contributed by atoms with Crippen LogP contribution in [0.3, 0.4) is 0 Å². The van der Waals surface area contributed by atoms with E-state index in [4.69, 9.17) is 15.5 Å². The van der Waals surface area contributed by atoms with Crippen LogP contribution in [0.25, 0.3) is 32.6 Å². The number of ether oxygens (including phenoxy) is 1. The van der Waals surface area contributed by atoms with Crippen LogP contribution in [0, 0.1) is 0 Å². The first-order valence-electron chi connectivity index (χ1n) is 9.33. The van der Waals surface area contributed by atoms with Gasteiger partial charge in [0.15, 0.2) is 5.65 Å². The molecule has 4 aromatic rings. The largest absolute Gasteiger partial charge is 0.611 e. The molecule has 4 heterocycles. The predicted molar refractivity (Wildman–Crippen MR) is 114 cm³/mol. The van der Waals surface area contributed by atoms with Gasteiger partial charge in [-0.15, -0.1) is 5.10 Å². The minimum Gasteiger partial charge on any atom is -0.611 e. The molecule has 150 valence electrons. The molecule has 0 bridgehead atoms. The number of methoxy groups -OCH3 is 1. The topological polar surface area (TPSA) is 115 Å². The number of hydrogen-bond donors (Lipinski definition) is 1. The second kappa shape index (κ2) is 7.21. The van der Waals surface area contributed by atoms with Crippen molar-refractivity contribution in [3.8, 4) is 11.3 Å². The van der Waals surface area contributed by atoms with Crippen LogP contribution >= 0.6 is 11.3 Å². The highest BCUT2D eigenvalue weighted by atomic mass is 32.2. The number of hydrogen-bond acceptors (Lipinski definition) is 8. The summed E-state index contributed by atoms with van der Waals surface area (Å²) in [4.78, 5) is 10.2. The minimum atomic E-state index is -1.20. The van der Waals surface area contributed by atoms with Gasteiger partial charge >= 0.3 is 0 Å². The summed E-state index contributed by atoms with van der Waals surface area (Å²) < 4.78 is 20.1. The Kier molecular flexibility index (Phi) is 4.66. The lowest BCUT2D eigenvalue weighted by molar-refractivity contribution is 0.217. The summed E-state index contributed by atoms with van der Waals surface area (Å²) in [6, 6.07) is 4.05. The van der Waals surface area contributed by atoms with Crippen molar-refractivity contribution in [3.63, 3.8) is 0 Å². The Morgan fingerprint density at radius 2 is 2.21 bits per heavy atom. The summed E-state index contributed by atoms with van der Waals surface area (Å²) in [6.45, 7) is 0.429. The van der Waals surface area contributed by atoms with E-state index < -0.39 is 11.2 Å². The van der Waals surface area contributed by atoms with E-state index in [9.17, 15) is 4.55 Å². The molecular weight excluding hydrogens is 408 g/mol. The Balaban J connectivity index is 1.64. The molecule has 0 amide bonds. The van der Waals surface area contributed by atoms with Crippen LogP contribution in [-0.4, -0.2) is 49.0 Å². The van der Waals surface area contributed by atoms with Crippen LogP contribution in [0.4, 0.5) is 5.69 Å². The van der Waals surface area contributed by atoms with Crippen molar-refractivity contribution in [3.05, 3.63) is 23.9 Å². The van der Waals surface area contributed by atoms with Crippen LogP contribution in [0.2, 0.25) is 0 Å². The van der Waals surface area contributed by atoms with Gasteiger partial charge in [0.05, 0.1) is 12.3 Å². The molecule has 0 unspecified atom stereocenters. The predicted octanol–water partition coefficient (Wildman–Crippen LogP) is 2.85. The third-order valence-corrected chi connectivity index (χ3v) is 8.00. The van der Waals surface area contributed by atoms with E-state index in [1.165, 1.54) is 16.9 Å². The first kappa shape index (κ1) is 18.7. The van der Waals surface area contributed by atoms with Crippen LogP contribution in [0.5, 0.6) is 0 Å². The number of pyridine rings is 2. The molecule has 29 heavy (non-hydrogen) atoms. The first-order chi connectivity index (χ1) is 14.1. The Morgan fingerprint density at radius 3 is 2.97 bits per heavy atom. The molecule has 1 atom stereocenters. The second-order valence-corrected chi connectivity index (χ2v) is 9.94. The quantitative estimate of drug-likeness (QED) is 0.470. The van der Waals surface area contributed by atoms with Gasteiger partial charge in [-0.2, -0.15) is 0 Å². The van der Waals surface area contributed by atoms with E-state index in [1.54, 1.807) is 18.0 Å². The van der Waals surface area contributed by atoms with Crippen molar-refractivity contribution in [1.82, 2.24) is 25.0 Å². The van der Waals surface area contributed by atoms with Crippen LogP contribution in [0.1, 0.15) is 24.3 Å². The van der Waals surface area contributed by atoms with Gasteiger partial charge in [0, 0.05) is 42.5 Å². The minimum absolute atomic E-state index is 0.423. The maximum absolute atomic E-state index is 12.7. The SMILES string of the molecule is COCC[S@+]([O-])c1sc2nc(-c3cnc4c(c3)nnn4C)cc(C3CC3)c2c1N. The number of nitrogens with zero attached hydrogens (tertiary/aromatic N) is 5. The van der Waals surface area contributed by atoms with E-state index in [2.05, 4.69) is 21.4 Å². The number of nitrogen functional groups attached to an aromatic ring is 1. The van der Waals surface area contributed by atoms with Gasteiger partial charge in [-0.3, -0.25) is 0 Å². The molecule has 0 radical (unpaired) electrons. The van der Waals surface area contributed by atoms with E-state index in [1.807, 2.05) is 13.1 Å². The zero-order valence-corrected chi connectivity index (χ0v) is 17.7. The number of rotatable bonds is 6. The molecule has 2 N–H and O–H groups in total. The molecule has 1 saturated carbocycles. The molecular formula is C19H20N6O2S2. The maximum atomic E-state index is 12.7. The van der Waals surface area contributed by atoms with Crippen LogP contribution < -0.4 is 5.73 Å². The molecule has 0 aliphatic heterocycles. The van der Waals surface area contributed by atoms with Gasteiger partial charge < -0.3 is 15.0 Å². The number of fused-ring (bicyclic) bond motifs is 2. The number of anilines is 1. The molecule has 0 saturated heterocycles. The van der Waals surface area contributed by atoms with Gasteiger partial charge in [-0.25, -0.2) is 14.6 Å². The second-order valence-electron chi connectivity index (χ2n) is 7.18. The Hall–Kier alpha value is -2.27. The summed E-state index contributed by atoms with van der Waals surface area (Å²) in [5.41, 5.74) is 11.4. The summed E-state index contributed by atoms with van der Waals surface area (Å²) in [6.07, 6.45) is 4.07. The van der Waals surface area contributed by atoms with Gasteiger partial charge in [0.25, 0.3) is 0 Å². The van der Waals surface area contributed by atoms with Crippen molar-refractivity contribution in [2.24, 2.45) is 7.05 Å². The van der Waals surface area contributed by atoms with Crippen molar-refractivity contribution in [1.29, 1.82) is 0 Å². The van der Waals surface area contributed by atoms with E-state index in [-0.39, 0.29) is 0 Å². The van der Waals surface area contributed by atoms with Crippen LogP contribution in [-0.2, 0) is 23.0 Å². The molecule has 0 aromatic carbocycles. The highest BCUT2D eigenvalue weighted by Gasteiger charge is 2.31. The van der Waals surface area contributed by atoms with Gasteiger partial charge in [0.2, 0.25) is 4.21 Å². The fourth-order valence-corrected chi connectivity index (χ4v) is 6.05. The molecule has 1 aliphatic carbocycles. The third-order valence-electron chi connectivity index (χ3n) is 5.13. The number of aryl methyl sites for hydroxylation is 1. The molecule has 0 spiro atoms. The monoisotopic (exact) mass is 428 g/mol. The number of thiophene rings is 1. The lowest BCUT2D eigenvalue weighted by Crippen LogP contribution is -2.11. The number of aromatic nitrogens is 5. The standard InChI is InChI=1S/C19H20N6O2S2/c1-25-17-14(23-24-25)7-11(9-21-17)13-8-12(10-3-4-10)15-16(20)19(28-18(15)22-13)29(26)6-5-27-2/h7-10H,3-6,20H2,1-2H3/t29-/m0/s1. The summed E-state index contributed by atoms with van der Waals surface area (Å²) in [5.74, 6) is 0.900. The fraction of sp³-hybridized carbons (Fsp3) is 0.368. The average Bonchev–Trinajstić information content (AvgIpc) is 3.44. The summed E-state index contributed by atoms with van der Waals surface area (Å²) >= 11 is 0.214. The van der Waals surface area contributed by atoms with Gasteiger partial charge in [0.1, 0.15) is 21.8 Å². The normalized spacial score (nSPS) is 15.4. The lowest BCUT2D eigenvalue weighted by atomic mass is 10.0. The highest BCUT2D eigenvalue weighted by Crippen LogP contribution is 2.48. The Labute approximate surface area is 174 Å². The van der Waals surface area contributed by atoms with E-state index in [0.29, 0.717) is 28.2 Å². The van der Waals surface area contributed by atoms with E-state index >= 15 is 0 Å². The summed E-state index contributed by atoms with van der Waals surface area (Å²) in [7, 11) is 3.42. The molecule has 1 fully saturated rings. The lowest BCUT2D eigenvalue weighted by Gasteiger charge is -2.09. The Bertz CT molecular complexity index is 1220. The average molecular weight is 429 g/mol. The van der Waals surface area contributed by atoms with E-state index in [0.717, 1.165) is 45.5 Å². The third kappa shape index (κ3) is 3.25. The first-order valence-corrected chi connectivity index (χ1v) is 11.5. The smallest absolute Gasteiger partial charge is 0.232 e. The molecule has 8 nitrogen and oxygen atoms in total. The zero-order valence-electron chi connectivity index (χ0n) is 16.1. The molecule has 5 rings (SSSR count). The highest BCUT2D eigenvalue weighted by molar-refractivity contribution is 7.93. The van der Waals surface area contributed by atoms with Crippen molar-refractivity contribution >= 4 is 49.6 Å². The molecule has 10 heteroatoms. The van der Waals surface area contributed by atoms with Crippen molar-refractivity contribution < 1.29 is 9.29 Å².